The molecule has 18 heavy (non-hydrogen) atoms. The molecule has 2 rings (SSSR count). The first kappa shape index (κ1) is 14.1. The molecule has 0 aromatic carbocycles. The Hall–Kier alpha value is -0.350. The van der Waals surface area contributed by atoms with Gasteiger partial charge in [0.15, 0.2) is 0 Å². The molecule has 1 saturated carbocycles. The molecular weight excluding hydrogens is 310 g/mol. The second-order valence-corrected chi connectivity index (χ2v) is 7.00. The highest BCUT2D eigenvalue weighted by molar-refractivity contribution is 9.09. The number of nitrogens with zero attached hydrogens (tertiary/aromatic N) is 1. The molecule has 100 valence electrons. The molecule has 0 bridgehead atoms. The van der Waals surface area contributed by atoms with Crippen molar-refractivity contribution in [2.75, 3.05) is 7.05 Å². The quantitative estimate of drug-likeness (QED) is 0.765. The minimum atomic E-state index is 0.193. The number of rotatable bonds is 3. The first-order valence-corrected chi connectivity index (χ1v) is 8.42. The maximum Gasteiger partial charge on any atom is 0.264 e. The van der Waals surface area contributed by atoms with Crippen molar-refractivity contribution in [2.24, 2.45) is 0 Å². The summed E-state index contributed by atoms with van der Waals surface area (Å²) in [4.78, 5) is 15.9. The van der Waals surface area contributed by atoms with Crippen molar-refractivity contribution in [3.8, 4) is 0 Å². The Morgan fingerprint density at radius 2 is 2.22 bits per heavy atom. The summed E-state index contributed by atoms with van der Waals surface area (Å²) in [6, 6.07) is 2.41. The van der Waals surface area contributed by atoms with Crippen LogP contribution in [-0.2, 0) is 6.42 Å². The largest absolute Gasteiger partial charge is 0.337 e. The van der Waals surface area contributed by atoms with E-state index >= 15 is 0 Å². The van der Waals surface area contributed by atoms with Crippen LogP contribution in [0.1, 0.15) is 47.8 Å². The van der Waals surface area contributed by atoms with Crippen LogP contribution in [-0.4, -0.2) is 28.7 Å². The van der Waals surface area contributed by atoms with Gasteiger partial charge in [-0.15, -0.1) is 11.3 Å². The second-order valence-electron chi connectivity index (χ2n) is 4.91. The lowest BCUT2D eigenvalue weighted by atomic mass is 9.94. The van der Waals surface area contributed by atoms with Crippen LogP contribution in [0.15, 0.2) is 11.4 Å². The molecule has 1 aromatic heterocycles. The third-order valence-corrected chi connectivity index (χ3v) is 5.80. The summed E-state index contributed by atoms with van der Waals surface area (Å²) in [7, 11) is 1.95. The summed E-state index contributed by atoms with van der Waals surface area (Å²) in [5.74, 6) is 0.193. The summed E-state index contributed by atoms with van der Waals surface area (Å²) < 4.78 is 0. The van der Waals surface area contributed by atoms with Gasteiger partial charge in [-0.3, -0.25) is 4.79 Å². The van der Waals surface area contributed by atoms with Gasteiger partial charge in [0.25, 0.3) is 5.91 Å². The summed E-state index contributed by atoms with van der Waals surface area (Å²) in [5.41, 5.74) is 1.18. The maximum absolute atomic E-state index is 12.5. The first-order chi connectivity index (χ1) is 8.65. The molecular formula is C14H20BrNOS. The number of hydrogen-bond acceptors (Lipinski definition) is 2. The van der Waals surface area contributed by atoms with Gasteiger partial charge in [-0.1, -0.05) is 35.7 Å². The molecule has 0 aliphatic heterocycles. The zero-order valence-electron chi connectivity index (χ0n) is 11.0. The summed E-state index contributed by atoms with van der Waals surface area (Å²) >= 11 is 5.30. The predicted octanol–water partition coefficient (Wildman–Crippen LogP) is 4.09. The lowest BCUT2D eigenvalue weighted by molar-refractivity contribution is 0.0708. The highest BCUT2D eigenvalue weighted by Crippen LogP contribution is 2.30. The Morgan fingerprint density at radius 1 is 1.50 bits per heavy atom. The number of alkyl halides is 1. The van der Waals surface area contributed by atoms with E-state index in [1.54, 1.807) is 11.3 Å². The van der Waals surface area contributed by atoms with Crippen molar-refractivity contribution in [3.05, 3.63) is 21.9 Å². The Kier molecular flexibility index (Phi) is 4.84. The smallest absolute Gasteiger partial charge is 0.264 e. The molecule has 1 heterocycles. The standard InChI is InChI=1S/C14H20BrNOS/c1-3-10-8-9-18-13(10)14(17)16(2)12-7-5-4-6-11(12)15/h8-9,11-12H,3-7H2,1-2H3. The molecule has 0 N–H and O–H groups in total. The van der Waals surface area contributed by atoms with E-state index in [4.69, 9.17) is 0 Å². The minimum Gasteiger partial charge on any atom is -0.337 e. The number of hydrogen-bond donors (Lipinski definition) is 0. The molecule has 4 heteroatoms. The fraction of sp³-hybridized carbons (Fsp3) is 0.643. The van der Waals surface area contributed by atoms with Crippen LogP contribution in [0.2, 0.25) is 0 Å². The Morgan fingerprint density at radius 3 is 2.89 bits per heavy atom. The molecule has 1 aromatic rings. The van der Waals surface area contributed by atoms with Gasteiger partial charge in [0, 0.05) is 17.9 Å². The first-order valence-electron chi connectivity index (χ1n) is 6.62. The number of halogens is 1. The summed E-state index contributed by atoms with van der Waals surface area (Å²) in [6.45, 7) is 2.10. The van der Waals surface area contributed by atoms with Crippen molar-refractivity contribution in [1.82, 2.24) is 4.90 Å². The van der Waals surface area contributed by atoms with E-state index in [-0.39, 0.29) is 5.91 Å². The maximum atomic E-state index is 12.5. The van der Waals surface area contributed by atoms with E-state index in [9.17, 15) is 4.79 Å². The summed E-state index contributed by atoms with van der Waals surface area (Å²) in [6.07, 6.45) is 5.72. The van der Waals surface area contributed by atoms with Crippen molar-refractivity contribution >= 4 is 33.2 Å². The SMILES string of the molecule is CCc1ccsc1C(=O)N(C)C1CCCCC1Br. The van der Waals surface area contributed by atoms with Crippen LogP contribution in [0.5, 0.6) is 0 Å². The Labute approximate surface area is 122 Å². The molecule has 1 amide bonds. The molecule has 1 aliphatic rings. The third-order valence-electron chi connectivity index (χ3n) is 3.79. The molecule has 2 nitrogen and oxygen atoms in total. The summed E-state index contributed by atoms with van der Waals surface area (Å²) in [5, 5.41) is 2.02. The van der Waals surface area contributed by atoms with Gasteiger partial charge in [0.2, 0.25) is 0 Å². The number of carbonyl (C=O) groups excluding carboxylic acids is 1. The topological polar surface area (TPSA) is 20.3 Å². The van der Waals surface area contributed by atoms with Gasteiger partial charge in [0.05, 0.1) is 4.88 Å². The molecule has 0 radical (unpaired) electrons. The monoisotopic (exact) mass is 329 g/mol. The van der Waals surface area contributed by atoms with Crippen LogP contribution in [0.25, 0.3) is 0 Å². The Bertz CT molecular complexity index is 418. The van der Waals surface area contributed by atoms with Gasteiger partial charge < -0.3 is 4.90 Å². The Balaban J connectivity index is 2.13. The lowest BCUT2D eigenvalue weighted by Crippen LogP contribution is -2.44. The fourth-order valence-electron chi connectivity index (χ4n) is 2.61. The van der Waals surface area contributed by atoms with E-state index in [1.165, 1.54) is 24.8 Å². The van der Waals surface area contributed by atoms with E-state index in [2.05, 4.69) is 28.9 Å². The van der Waals surface area contributed by atoms with Crippen LogP contribution in [0, 0.1) is 0 Å². The number of amides is 1. The van der Waals surface area contributed by atoms with E-state index in [1.807, 2.05) is 17.3 Å². The van der Waals surface area contributed by atoms with Crippen LogP contribution in [0.3, 0.4) is 0 Å². The molecule has 0 saturated heterocycles. The van der Waals surface area contributed by atoms with E-state index < -0.39 is 0 Å². The van der Waals surface area contributed by atoms with E-state index in [0.717, 1.165) is 17.7 Å². The van der Waals surface area contributed by atoms with Crippen molar-refractivity contribution in [3.63, 3.8) is 0 Å². The van der Waals surface area contributed by atoms with Gasteiger partial charge in [-0.2, -0.15) is 0 Å². The van der Waals surface area contributed by atoms with Gasteiger partial charge in [0.1, 0.15) is 0 Å². The van der Waals surface area contributed by atoms with Crippen molar-refractivity contribution in [2.45, 2.75) is 49.9 Å². The zero-order valence-corrected chi connectivity index (χ0v) is 13.4. The van der Waals surface area contributed by atoms with Crippen LogP contribution in [0.4, 0.5) is 0 Å². The molecule has 0 spiro atoms. The van der Waals surface area contributed by atoms with E-state index in [0.29, 0.717) is 10.9 Å². The van der Waals surface area contributed by atoms with Gasteiger partial charge in [-0.05, 0) is 36.3 Å². The number of aryl methyl sites for hydroxylation is 1. The van der Waals surface area contributed by atoms with Gasteiger partial charge >= 0.3 is 0 Å². The molecule has 2 atom stereocenters. The lowest BCUT2D eigenvalue weighted by Gasteiger charge is -2.35. The average molecular weight is 330 g/mol. The van der Waals surface area contributed by atoms with Gasteiger partial charge in [-0.25, -0.2) is 0 Å². The highest BCUT2D eigenvalue weighted by atomic mass is 79.9. The number of thiophene rings is 1. The minimum absolute atomic E-state index is 0.193. The molecule has 1 fully saturated rings. The molecule has 2 unspecified atom stereocenters. The molecule has 1 aliphatic carbocycles. The number of carbonyl (C=O) groups is 1. The van der Waals surface area contributed by atoms with Crippen molar-refractivity contribution in [1.29, 1.82) is 0 Å². The van der Waals surface area contributed by atoms with Crippen LogP contribution >= 0.6 is 27.3 Å². The normalized spacial score (nSPS) is 23.9. The third kappa shape index (κ3) is 2.80. The highest BCUT2D eigenvalue weighted by Gasteiger charge is 2.30. The van der Waals surface area contributed by atoms with Crippen LogP contribution < -0.4 is 0 Å². The average Bonchev–Trinajstić information content (AvgIpc) is 2.86. The second kappa shape index (κ2) is 6.20. The predicted molar refractivity (Wildman–Crippen MR) is 80.8 cm³/mol. The fourth-order valence-corrected chi connectivity index (χ4v) is 4.53. The zero-order chi connectivity index (χ0) is 13.1. The van der Waals surface area contributed by atoms with Crippen molar-refractivity contribution < 1.29 is 4.79 Å².